The number of H-pyrrole nitrogens is 1. The minimum Gasteiger partial charge on any atom is -0.353 e. The zero-order valence-electron chi connectivity index (χ0n) is 6.42. The molecule has 1 aliphatic rings. The standard InChI is InChI=1S/C8H10N2S/c1-10-4-6-2-8(11)9-3-7(6)5-10/h2-3H,4-5H2,1H3,(H,9,11). The Hall–Kier alpha value is -0.670. The van der Waals surface area contributed by atoms with E-state index in [-0.39, 0.29) is 0 Å². The molecule has 0 unspecified atom stereocenters. The summed E-state index contributed by atoms with van der Waals surface area (Å²) in [6.07, 6.45) is 2.02. The largest absolute Gasteiger partial charge is 0.353 e. The average Bonchev–Trinajstić information content (AvgIpc) is 2.27. The van der Waals surface area contributed by atoms with Gasteiger partial charge in [0.05, 0.1) is 0 Å². The molecule has 0 saturated carbocycles. The molecule has 0 amide bonds. The van der Waals surface area contributed by atoms with E-state index in [0.29, 0.717) is 0 Å². The summed E-state index contributed by atoms with van der Waals surface area (Å²) in [7, 11) is 2.11. The molecule has 0 saturated heterocycles. The number of aromatic nitrogens is 1. The topological polar surface area (TPSA) is 19.0 Å². The Morgan fingerprint density at radius 3 is 3.00 bits per heavy atom. The fraction of sp³-hybridized carbons (Fsp3) is 0.375. The summed E-state index contributed by atoms with van der Waals surface area (Å²) in [6, 6.07) is 2.05. The van der Waals surface area contributed by atoms with Crippen molar-refractivity contribution in [1.82, 2.24) is 9.88 Å². The van der Waals surface area contributed by atoms with Crippen LogP contribution >= 0.6 is 12.2 Å². The van der Waals surface area contributed by atoms with Crippen LogP contribution in [-0.4, -0.2) is 16.9 Å². The molecule has 0 radical (unpaired) electrons. The second kappa shape index (κ2) is 2.43. The van der Waals surface area contributed by atoms with Gasteiger partial charge in [-0.05, 0) is 24.2 Å². The van der Waals surface area contributed by atoms with Gasteiger partial charge >= 0.3 is 0 Å². The van der Waals surface area contributed by atoms with E-state index in [1.165, 1.54) is 11.1 Å². The second-order valence-corrected chi connectivity index (χ2v) is 3.46. The van der Waals surface area contributed by atoms with Gasteiger partial charge in [0.1, 0.15) is 4.64 Å². The maximum atomic E-state index is 5.02. The molecule has 0 bridgehead atoms. The van der Waals surface area contributed by atoms with E-state index < -0.39 is 0 Å². The highest BCUT2D eigenvalue weighted by atomic mass is 32.1. The summed E-state index contributed by atoms with van der Waals surface area (Å²) in [4.78, 5) is 5.31. The third-order valence-electron chi connectivity index (χ3n) is 1.99. The summed E-state index contributed by atoms with van der Waals surface area (Å²) < 4.78 is 0.832. The first-order valence-electron chi connectivity index (χ1n) is 3.65. The minimum absolute atomic E-state index is 0.832. The molecule has 1 N–H and O–H groups in total. The van der Waals surface area contributed by atoms with Crippen molar-refractivity contribution in [3.63, 3.8) is 0 Å². The van der Waals surface area contributed by atoms with Crippen LogP contribution < -0.4 is 0 Å². The maximum Gasteiger partial charge on any atom is 0.103 e. The number of aromatic amines is 1. The Morgan fingerprint density at radius 1 is 1.45 bits per heavy atom. The van der Waals surface area contributed by atoms with Gasteiger partial charge in [0.25, 0.3) is 0 Å². The van der Waals surface area contributed by atoms with Crippen LogP contribution in [0.3, 0.4) is 0 Å². The van der Waals surface area contributed by atoms with Crippen molar-refractivity contribution < 1.29 is 0 Å². The molecular formula is C8H10N2S. The number of nitrogens with zero attached hydrogens (tertiary/aromatic N) is 1. The summed E-state index contributed by atoms with van der Waals surface area (Å²) in [6.45, 7) is 2.08. The van der Waals surface area contributed by atoms with Crippen LogP contribution in [0.2, 0.25) is 0 Å². The number of pyridine rings is 1. The monoisotopic (exact) mass is 166 g/mol. The zero-order valence-corrected chi connectivity index (χ0v) is 7.24. The van der Waals surface area contributed by atoms with Crippen molar-refractivity contribution in [2.45, 2.75) is 13.1 Å². The quantitative estimate of drug-likeness (QED) is 0.591. The highest BCUT2D eigenvalue weighted by Crippen LogP contribution is 2.19. The summed E-state index contributed by atoms with van der Waals surface area (Å²) in [5, 5.41) is 0. The van der Waals surface area contributed by atoms with Gasteiger partial charge < -0.3 is 4.98 Å². The van der Waals surface area contributed by atoms with Crippen molar-refractivity contribution in [3.8, 4) is 0 Å². The van der Waals surface area contributed by atoms with Crippen LogP contribution in [0, 0.1) is 4.64 Å². The Balaban J connectivity index is 2.51. The Morgan fingerprint density at radius 2 is 2.18 bits per heavy atom. The molecule has 0 aromatic carbocycles. The van der Waals surface area contributed by atoms with Gasteiger partial charge in [-0.1, -0.05) is 12.2 Å². The molecule has 0 aliphatic carbocycles. The van der Waals surface area contributed by atoms with E-state index >= 15 is 0 Å². The Bertz CT molecular complexity index is 329. The van der Waals surface area contributed by atoms with E-state index in [2.05, 4.69) is 16.9 Å². The van der Waals surface area contributed by atoms with Crippen molar-refractivity contribution in [2.24, 2.45) is 0 Å². The fourth-order valence-corrected chi connectivity index (χ4v) is 1.68. The van der Waals surface area contributed by atoms with Crippen LogP contribution in [0.1, 0.15) is 11.1 Å². The molecule has 0 atom stereocenters. The van der Waals surface area contributed by atoms with Crippen LogP contribution in [0.5, 0.6) is 0 Å². The smallest absolute Gasteiger partial charge is 0.103 e. The molecule has 2 heterocycles. The maximum absolute atomic E-state index is 5.02. The van der Waals surface area contributed by atoms with Crippen LogP contribution in [0.25, 0.3) is 0 Å². The van der Waals surface area contributed by atoms with Gasteiger partial charge in [-0.3, -0.25) is 4.90 Å². The van der Waals surface area contributed by atoms with Crippen molar-refractivity contribution in [3.05, 3.63) is 28.0 Å². The van der Waals surface area contributed by atoms with Crippen LogP contribution in [0.4, 0.5) is 0 Å². The normalized spacial score (nSPS) is 16.8. The third kappa shape index (κ3) is 1.21. The van der Waals surface area contributed by atoms with Gasteiger partial charge in [0.15, 0.2) is 0 Å². The van der Waals surface area contributed by atoms with Gasteiger partial charge in [-0.15, -0.1) is 0 Å². The number of rotatable bonds is 0. The SMILES string of the molecule is CN1Cc2c[nH]c(=S)cc2C1. The van der Waals surface area contributed by atoms with E-state index in [1.807, 2.05) is 12.3 Å². The lowest BCUT2D eigenvalue weighted by molar-refractivity contribution is 0.353. The first kappa shape index (κ1) is 7.00. The molecule has 11 heavy (non-hydrogen) atoms. The van der Waals surface area contributed by atoms with Gasteiger partial charge in [0.2, 0.25) is 0 Å². The predicted molar refractivity (Wildman–Crippen MR) is 46.8 cm³/mol. The lowest BCUT2D eigenvalue weighted by Crippen LogP contribution is -2.07. The van der Waals surface area contributed by atoms with Gasteiger partial charge in [-0.2, -0.15) is 0 Å². The van der Waals surface area contributed by atoms with E-state index in [0.717, 1.165) is 17.7 Å². The highest BCUT2D eigenvalue weighted by Gasteiger charge is 2.14. The highest BCUT2D eigenvalue weighted by molar-refractivity contribution is 7.71. The number of hydrogen-bond acceptors (Lipinski definition) is 2. The lowest BCUT2D eigenvalue weighted by atomic mass is 10.2. The Kier molecular flexibility index (Phi) is 1.55. The Labute approximate surface area is 70.9 Å². The molecule has 0 spiro atoms. The van der Waals surface area contributed by atoms with Crippen molar-refractivity contribution in [2.75, 3.05) is 7.05 Å². The molecule has 0 fully saturated rings. The molecule has 1 aliphatic heterocycles. The number of fused-ring (bicyclic) bond motifs is 1. The first-order chi connectivity index (χ1) is 5.25. The fourth-order valence-electron chi connectivity index (χ4n) is 1.48. The van der Waals surface area contributed by atoms with Gasteiger partial charge in [-0.25, -0.2) is 0 Å². The third-order valence-corrected chi connectivity index (χ3v) is 2.22. The summed E-state index contributed by atoms with van der Waals surface area (Å²) in [5.74, 6) is 0. The van der Waals surface area contributed by atoms with E-state index in [1.54, 1.807) is 0 Å². The van der Waals surface area contributed by atoms with Crippen LogP contribution in [-0.2, 0) is 13.1 Å². The molecular weight excluding hydrogens is 156 g/mol. The summed E-state index contributed by atoms with van der Waals surface area (Å²) >= 11 is 5.02. The van der Waals surface area contributed by atoms with E-state index in [9.17, 15) is 0 Å². The first-order valence-corrected chi connectivity index (χ1v) is 4.05. The molecule has 1 aromatic rings. The minimum atomic E-state index is 0.832. The van der Waals surface area contributed by atoms with Gasteiger partial charge in [0, 0.05) is 19.3 Å². The number of nitrogens with one attached hydrogen (secondary N) is 1. The van der Waals surface area contributed by atoms with Crippen LogP contribution in [0.15, 0.2) is 12.3 Å². The summed E-state index contributed by atoms with van der Waals surface area (Å²) in [5.41, 5.74) is 2.75. The molecule has 2 nitrogen and oxygen atoms in total. The molecule has 58 valence electrons. The molecule has 1 aromatic heterocycles. The number of hydrogen-bond donors (Lipinski definition) is 1. The van der Waals surface area contributed by atoms with Crippen molar-refractivity contribution >= 4 is 12.2 Å². The second-order valence-electron chi connectivity index (χ2n) is 3.02. The molecule has 2 rings (SSSR count). The van der Waals surface area contributed by atoms with Crippen molar-refractivity contribution in [1.29, 1.82) is 0 Å². The lowest BCUT2D eigenvalue weighted by Gasteiger charge is -2.02. The van der Waals surface area contributed by atoms with E-state index in [4.69, 9.17) is 12.2 Å². The molecule has 3 heteroatoms. The predicted octanol–water partition coefficient (Wildman–Crippen LogP) is 1.69. The zero-order chi connectivity index (χ0) is 7.84. The average molecular weight is 166 g/mol.